The van der Waals surface area contributed by atoms with Gasteiger partial charge in [0.25, 0.3) is 0 Å². The molecule has 108 valence electrons. The number of hydrogen-bond donors (Lipinski definition) is 0. The number of aromatic nitrogens is 5. The van der Waals surface area contributed by atoms with Crippen LogP contribution in [0.1, 0.15) is 12.5 Å². The fourth-order valence-corrected chi connectivity index (χ4v) is 2.06. The van der Waals surface area contributed by atoms with Crippen LogP contribution in [0.5, 0.6) is 5.75 Å². The average Bonchev–Trinajstić information content (AvgIpc) is 2.97. The number of nitrogens with zero attached hydrogens (tertiary/aromatic N) is 6. The van der Waals surface area contributed by atoms with Crippen LogP contribution < -0.4 is 9.64 Å². The fourth-order valence-electron chi connectivity index (χ4n) is 2.06. The van der Waals surface area contributed by atoms with Gasteiger partial charge in [0, 0.05) is 13.6 Å². The van der Waals surface area contributed by atoms with Crippen molar-refractivity contribution in [3.63, 3.8) is 0 Å². The molecule has 1 aromatic carbocycles. The zero-order chi connectivity index (χ0) is 14.7. The molecule has 0 aliphatic rings. The molecular weight excluding hydrogens is 268 g/mol. The summed E-state index contributed by atoms with van der Waals surface area (Å²) in [4.78, 5) is 2.04. The molecule has 3 rings (SSSR count). The van der Waals surface area contributed by atoms with Gasteiger partial charge in [0.05, 0.1) is 6.61 Å². The van der Waals surface area contributed by atoms with Crippen molar-refractivity contribution < 1.29 is 4.74 Å². The van der Waals surface area contributed by atoms with Gasteiger partial charge in [0.2, 0.25) is 0 Å². The van der Waals surface area contributed by atoms with Crippen LogP contribution in [0.25, 0.3) is 5.65 Å². The van der Waals surface area contributed by atoms with Crippen molar-refractivity contribution >= 4 is 11.5 Å². The van der Waals surface area contributed by atoms with E-state index in [0.29, 0.717) is 12.3 Å². The van der Waals surface area contributed by atoms with Gasteiger partial charge in [0.1, 0.15) is 5.75 Å². The van der Waals surface area contributed by atoms with E-state index >= 15 is 0 Å². The van der Waals surface area contributed by atoms with Gasteiger partial charge in [-0.3, -0.25) is 0 Å². The molecule has 0 N–H and O–H groups in total. The van der Waals surface area contributed by atoms with Crippen LogP contribution >= 0.6 is 0 Å². The van der Waals surface area contributed by atoms with Crippen molar-refractivity contribution in [2.75, 3.05) is 18.6 Å². The molecule has 21 heavy (non-hydrogen) atoms. The van der Waals surface area contributed by atoms with Gasteiger partial charge in [0.15, 0.2) is 11.5 Å². The molecule has 0 radical (unpaired) electrons. The van der Waals surface area contributed by atoms with Gasteiger partial charge in [-0.15, -0.1) is 14.8 Å². The Bertz CT molecular complexity index is 724. The lowest BCUT2D eigenvalue weighted by Gasteiger charge is -2.17. The first-order chi connectivity index (χ1) is 10.3. The molecule has 0 spiro atoms. The molecule has 0 saturated heterocycles. The molecule has 0 bridgehead atoms. The van der Waals surface area contributed by atoms with E-state index in [9.17, 15) is 0 Å². The molecular formula is C14H16N6O. The summed E-state index contributed by atoms with van der Waals surface area (Å²) in [5, 5.41) is 15.6. The summed E-state index contributed by atoms with van der Waals surface area (Å²) in [6.45, 7) is 3.39. The Hall–Kier alpha value is -2.70. The topological polar surface area (TPSA) is 68.4 Å². The van der Waals surface area contributed by atoms with E-state index in [2.05, 4.69) is 32.8 Å². The van der Waals surface area contributed by atoms with Crippen molar-refractivity contribution in [2.24, 2.45) is 0 Å². The van der Waals surface area contributed by atoms with Gasteiger partial charge in [-0.05, 0) is 47.2 Å². The molecule has 0 aliphatic carbocycles. The summed E-state index contributed by atoms with van der Waals surface area (Å²) < 4.78 is 6.86. The maximum absolute atomic E-state index is 5.44. The van der Waals surface area contributed by atoms with Crippen LogP contribution in [0.3, 0.4) is 0 Å². The predicted octanol–water partition coefficient (Wildman–Crippen LogP) is 1.55. The Morgan fingerprint density at radius 3 is 2.71 bits per heavy atom. The third-order valence-corrected chi connectivity index (χ3v) is 3.10. The highest BCUT2D eigenvalue weighted by Crippen LogP contribution is 2.16. The summed E-state index contributed by atoms with van der Waals surface area (Å²) in [5.74, 6) is 1.70. The van der Waals surface area contributed by atoms with Crippen LogP contribution in [-0.2, 0) is 6.54 Å². The molecule has 0 saturated carbocycles. The minimum absolute atomic E-state index is 0.633. The summed E-state index contributed by atoms with van der Waals surface area (Å²) >= 11 is 0. The van der Waals surface area contributed by atoms with Crippen LogP contribution in [0, 0.1) is 0 Å². The summed E-state index contributed by atoms with van der Waals surface area (Å²) in [7, 11) is 1.98. The molecule has 2 aromatic heterocycles. The summed E-state index contributed by atoms with van der Waals surface area (Å²) in [5.41, 5.74) is 1.81. The Morgan fingerprint density at radius 2 is 1.95 bits per heavy atom. The van der Waals surface area contributed by atoms with E-state index in [4.69, 9.17) is 4.74 Å². The highest BCUT2D eigenvalue weighted by Gasteiger charge is 2.06. The number of anilines is 1. The van der Waals surface area contributed by atoms with Gasteiger partial charge in [-0.1, -0.05) is 12.1 Å². The Balaban J connectivity index is 1.73. The van der Waals surface area contributed by atoms with Gasteiger partial charge >= 0.3 is 0 Å². The van der Waals surface area contributed by atoms with Crippen LogP contribution in [0.2, 0.25) is 0 Å². The largest absolute Gasteiger partial charge is 0.494 e. The fraction of sp³-hybridized carbons (Fsp3) is 0.286. The zero-order valence-corrected chi connectivity index (χ0v) is 12.0. The summed E-state index contributed by atoms with van der Waals surface area (Å²) in [6.07, 6.45) is 0. The quantitative estimate of drug-likeness (QED) is 0.708. The molecule has 7 heteroatoms. The van der Waals surface area contributed by atoms with Gasteiger partial charge in [-0.25, -0.2) is 0 Å². The maximum atomic E-state index is 5.44. The van der Waals surface area contributed by atoms with E-state index < -0.39 is 0 Å². The number of tetrazole rings is 1. The normalized spacial score (nSPS) is 10.8. The molecule has 0 unspecified atom stereocenters. The molecule has 0 aliphatic heterocycles. The monoisotopic (exact) mass is 284 g/mol. The lowest BCUT2D eigenvalue weighted by Crippen LogP contribution is -2.18. The highest BCUT2D eigenvalue weighted by molar-refractivity contribution is 5.44. The standard InChI is InChI=1S/C14H16N6O/c1-3-21-12-6-4-11(5-7-12)10-19(2)14-9-8-13-15-17-18-20(13)16-14/h4-9H,3,10H2,1-2H3. The number of fused-ring (bicyclic) bond motifs is 1. The summed E-state index contributed by atoms with van der Waals surface area (Å²) in [6, 6.07) is 11.8. The number of ether oxygens (including phenoxy) is 1. The maximum Gasteiger partial charge on any atom is 0.200 e. The van der Waals surface area contributed by atoms with E-state index in [1.807, 2.05) is 43.1 Å². The molecule has 3 aromatic rings. The predicted molar refractivity (Wildman–Crippen MR) is 78.3 cm³/mol. The number of benzene rings is 1. The molecule has 7 nitrogen and oxygen atoms in total. The molecule has 0 atom stereocenters. The Morgan fingerprint density at radius 1 is 1.14 bits per heavy atom. The number of rotatable bonds is 5. The second-order valence-electron chi connectivity index (χ2n) is 4.65. The van der Waals surface area contributed by atoms with Gasteiger partial charge < -0.3 is 9.64 Å². The SMILES string of the molecule is CCOc1ccc(CN(C)c2ccc3nnnn3n2)cc1. The van der Waals surface area contributed by atoms with Crippen molar-refractivity contribution in [2.45, 2.75) is 13.5 Å². The lowest BCUT2D eigenvalue weighted by molar-refractivity contribution is 0.340. The molecule has 2 heterocycles. The van der Waals surface area contributed by atoms with Crippen LogP contribution in [-0.4, -0.2) is 38.9 Å². The Kier molecular flexibility index (Phi) is 3.63. The zero-order valence-electron chi connectivity index (χ0n) is 12.0. The van der Waals surface area contributed by atoms with Crippen molar-refractivity contribution in [3.05, 3.63) is 42.0 Å². The van der Waals surface area contributed by atoms with Crippen LogP contribution in [0.15, 0.2) is 36.4 Å². The third kappa shape index (κ3) is 2.91. The second-order valence-corrected chi connectivity index (χ2v) is 4.65. The highest BCUT2D eigenvalue weighted by atomic mass is 16.5. The minimum atomic E-state index is 0.633. The molecule has 0 amide bonds. The van der Waals surface area contributed by atoms with Crippen molar-refractivity contribution in [1.29, 1.82) is 0 Å². The number of hydrogen-bond acceptors (Lipinski definition) is 6. The van der Waals surface area contributed by atoms with E-state index in [1.165, 1.54) is 10.2 Å². The van der Waals surface area contributed by atoms with E-state index in [0.717, 1.165) is 18.1 Å². The molecule has 0 fully saturated rings. The third-order valence-electron chi connectivity index (χ3n) is 3.10. The second kappa shape index (κ2) is 5.74. The van der Waals surface area contributed by atoms with Crippen molar-refractivity contribution in [3.8, 4) is 5.75 Å². The van der Waals surface area contributed by atoms with Crippen molar-refractivity contribution in [1.82, 2.24) is 25.3 Å². The first-order valence-electron chi connectivity index (χ1n) is 6.74. The smallest absolute Gasteiger partial charge is 0.200 e. The average molecular weight is 284 g/mol. The first kappa shape index (κ1) is 13.3. The first-order valence-corrected chi connectivity index (χ1v) is 6.74. The lowest BCUT2D eigenvalue weighted by atomic mass is 10.2. The minimum Gasteiger partial charge on any atom is -0.494 e. The van der Waals surface area contributed by atoms with Crippen LogP contribution in [0.4, 0.5) is 5.82 Å². The van der Waals surface area contributed by atoms with E-state index in [-0.39, 0.29) is 0 Å². The Labute approximate surface area is 122 Å². The van der Waals surface area contributed by atoms with Gasteiger partial charge in [-0.2, -0.15) is 0 Å². The van der Waals surface area contributed by atoms with E-state index in [1.54, 1.807) is 0 Å².